The number of hydrogen-bond acceptors (Lipinski definition) is 7. The van der Waals surface area contributed by atoms with Crippen LogP contribution in [0, 0.1) is 5.82 Å². The Morgan fingerprint density at radius 3 is 2.81 bits per heavy atom. The first-order valence-electron chi connectivity index (χ1n) is 10.2. The van der Waals surface area contributed by atoms with Crippen molar-refractivity contribution in [1.29, 1.82) is 0 Å². The molecule has 0 radical (unpaired) electrons. The van der Waals surface area contributed by atoms with Gasteiger partial charge in [0.25, 0.3) is 0 Å². The van der Waals surface area contributed by atoms with E-state index in [0.717, 1.165) is 66.4 Å². The molecule has 3 heterocycles. The lowest BCUT2D eigenvalue weighted by molar-refractivity contribution is -0.0172. The highest BCUT2D eigenvalue weighted by Gasteiger charge is 2.22. The summed E-state index contributed by atoms with van der Waals surface area (Å²) in [5.74, 6) is 2.25. The fourth-order valence-electron chi connectivity index (χ4n) is 3.71. The van der Waals surface area contributed by atoms with Gasteiger partial charge in [-0.05, 0) is 24.1 Å². The van der Waals surface area contributed by atoms with E-state index in [1.165, 1.54) is 17.6 Å². The highest BCUT2D eigenvalue weighted by molar-refractivity contribution is 14.0. The molecule has 1 N–H and O–H groups in total. The summed E-state index contributed by atoms with van der Waals surface area (Å²) in [6.07, 6.45) is 1.50. The molecule has 0 saturated carbocycles. The first-order valence-corrected chi connectivity index (χ1v) is 11.0. The van der Waals surface area contributed by atoms with Crippen LogP contribution in [0.15, 0.2) is 17.1 Å². The second-order valence-electron chi connectivity index (χ2n) is 7.21. The molecular weight excluding hydrogens is 534 g/mol. The Balaban J connectivity index is 0.00000272. The summed E-state index contributed by atoms with van der Waals surface area (Å²) in [6, 6.07) is 3.02. The zero-order chi connectivity index (χ0) is 20.9. The first-order chi connectivity index (χ1) is 14.7. The molecule has 31 heavy (non-hydrogen) atoms. The Kier molecular flexibility index (Phi) is 8.67. The van der Waals surface area contributed by atoms with Gasteiger partial charge >= 0.3 is 0 Å². The van der Waals surface area contributed by atoms with E-state index in [1.54, 1.807) is 13.1 Å². The van der Waals surface area contributed by atoms with Gasteiger partial charge in [0.1, 0.15) is 17.4 Å². The van der Waals surface area contributed by atoms with Gasteiger partial charge in [-0.1, -0.05) is 6.92 Å². The molecule has 0 amide bonds. The number of nitrogens with one attached hydrogen (secondary N) is 1. The zero-order valence-electron chi connectivity index (χ0n) is 17.8. The van der Waals surface area contributed by atoms with E-state index in [4.69, 9.17) is 9.47 Å². The predicted octanol–water partition coefficient (Wildman–Crippen LogP) is 2.66. The number of halogens is 2. The molecule has 1 aromatic carbocycles. The molecule has 0 aliphatic carbocycles. The van der Waals surface area contributed by atoms with Gasteiger partial charge < -0.3 is 24.6 Å². The number of aliphatic imine (C=N–C) groups is 1. The van der Waals surface area contributed by atoms with E-state index in [2.05, 4.69) is 36.4 Å². The number of benzene rings is 1. The molecule has 1 aromatic heterocycles. The molecule has 2 aliphatic rings. The summed E-state index contributed by atoms with van der Waals surface area (Å²) < 4.78 is 29.2. The average molecular weight is 562 g/mol. The minimum Gasteiger partial charge on any atom is -0.467 e. The summed E-state index contributed by atoms with van der Waals surface area (Å²) in [6.45, 7) is 6.77. The zero-order valence-corrected chi connectivity index (χ0v) is 20.9. The van der Waals surface area contributed by atoms with Crippen molar-refractivity contribution >= 4 is 46.6 Å². The maximum Gasteiger partial charge on any atom is 0.205 e. The normalized spacial score (nSPS) is 16.4. The molecule has 4 rings (SSSR count). The Bertz CT molecular complexity index is 904. The minimum atomic E-state index is -0.263. The lowest BCUT2D eigenvalue weighted by Crippen LogP contribution is -2.52. The molecule has 1 fully saturated rings. The monoisotopic (exact) mass is 562 g/mol. The Morgan fingerprint density at radius 2 is 2.10 bits per heavy atom. The number of aromatic nitrogens is 2. The third kappa shape index (κ3) is 5.75. The fraction of sp³-hybridized carbons (Fsp3) is 0.550. The summed E-state index contributed by atoms with van der Waals surface area (Å²) in [5.41, 5.74) is 1.61. The van der Waals surface area contributed by atoms with Crippen LogP contribution in [0.3, 0.4) is 0 Å². The van der Waals surface area contributed by atoms with Crippen LogP contribution in [0.4, 0.5) is 9.52 Å². The van der Waals surface area contributed by atoms with Crippen molar-refractivity contribution in [3.63, 3.8) is 0 Å². The van der Waals surface area contributed by atoms with E-state index >= 15 is 0 Å². The molecule has 0 spiro atoms. The molecule has 170 valence electrons. The second kappa shape index (κ2) is 11.2. The van der Waals surface area contributed by atoms with Crippen molar-refractivity contribution in [3.8, 4) is 5.75 Å². The van der Waals surface area contributed by atoms with E-state index in [1.807, 2.05) is 0 Å². The standard InChI is InChI=1S/C20H27FN6O2S.HI/c1-3-17-24-20(30-25-17)27-8-6-26(7-9-27)19(22-2)23-5-4-14-10-16(21)11-15-12-28-13-29-18(14)15;/h10-11H,3-9,12-13H2,1-2H3,(H,22,23);1H. The van der Waals surface area contributed by atoms with Crippen LogP contribution >= 0.6 is 35.5 Å². The molecule has 8 nitrogen and oxygen atoms in total. The van der Waals surface area contributed by atoms with Crippen LogP contribution in [-0.4, -0.2) is 66.8 Å². The highest BCUT2D eigenvalue weighted by Crippen LogP contribution is 2.29. The molecule has 2 aliphatic heterocycles. The quantitative estimate of drug-likeness (QED) is 0.341. The number of guanidine groups is 1. The van der Waals surface area contributed by atoms with Gasteiger partial charge in [0.2, 0.25) is 5.13 Å². The molecule has 0 atom stereocenters. The number of rotatable bonds is 5. The maximum atomic E-state index is 13.9. The molecule has 11 heteroatoms. The number of aryl methyl sites for hydroxylation is 1. The molecular formula is C20H28FIN6O2S. The van der Waals surface area contributed by atoms with E-state index < -0.39 is 0 Å². The van der Waals surface area contributed by atoms with Gasteiger partial charge in [0.05, 0.1) is 6.61 Å². The maximum absolute atomic E-state index is 13.9. The van der Waals surface area contributed by atoms with E-state index in [0.29, 0.717) is 19.6 Å². The molecule has 0 bridgehead atoms. The lowest BCUT2D eigenvalue weighted by atomic mass is 10.1. The van der Waals surface area contributed by atoms with Crippen molar-refractivity contribution < 1.29 is 13.9 Å². The number of hydrogen-bond donors (Lipinski definition) is 1. The third-order valence-electron chi connectivity index (χ3n) is 5.26. The van der Waals surface area contributed by atoms with Crippen molar-refractivity contribution in [2.45, 2.75) is 26.4 Å². The van der Waals surface area contributed by atoms with Gasteiger partial charge in [-0.3, -0.25) is 4.99 Å². The van der Waals surface area contributed by atoms with Crippen LogP contribution in [0.1, 0.15) is 23.9 Å². The van der Waals surface area contributed by atoms with Crippen LogP contribution in [-0.2, 0) is 24.2 Å². The largest absolute Gasteiger partial charge is 0.467 e. The van der Waals surface area contributed by atoms with Gasteiger partial charge in [0.15, 0.2) is 12.8 Å². The number of anilines is 1. The van der Waals surface area contributed by atoms with Crippen LogP contribution in [0.2, 0.25) is 0 Å². The summed E-state index contributed by atoms with van der Waals surface area (Å²) in [7, 11) is 1.79. The third-order valence-corrected chi connectivity index (χ3v) is 6.08. The number of fused-ring (bicyclic) bond motifs is 1. The van der Waals surface area contributed by atoms with Crippen LogP contribution < -0.4 is 15.0 Å². The van der Waals surface area contributed by atoms with Crippen molar-refractivity contribution in [1.82, 2.24) is 19.6 Å². The van der Waals surface area contributed by atoms with Crippen molar-refractivity contribution in [3.05, 3.63) is 34.9 Å². The highest BCUT2D eigenvalue weighted by atomic mass is 127. The number of piperazine rings is 1. The van der Waals surface area contributed by atoms with Gasteiger partial charge in [0, 0.05) is 63.3 Å². The minimum absolute atomic E-state index is 0. The Labute approximate surface area is 203 Å². The number of ether oxygens (including phenoxy) is 2. The van der Waals surface area contributed by atoms with Crippen LogP contribution in [0.5, 0.6) is 5.75 Å². The van der Waals surface area contributed by atoms with Gasteiger partial charge in [-0.2, -0.15) is 4.37 Å². The van der Waals surface area contributed by atoms with Gasteiger partial charge in [-0.15, -0.1) is 24.0 Å². The fourth-order valence-corrected chi connectivity index (χ4v) is 4.51. The van der Waals surface area contributed by atoms with E-state index in [-0.39, 0.29) is 36.6 Å². The average Bonchev–Trinajstić information content (AvgIpc) is 3.26. The second-order valence-corrected chi connectivity index (χ2v) is 7.94. The lowest BCUT2D eigenvalue weighted by Gasteiger charge is -2.36. The Morgan fingerprint density at radius 1 is 1.29 bits per heavy atom. The molecule has 1 saturated heterocycles. The summed E-state index contributed by atoms with van der Waals surface area (Å²) in [5, 5.41) is 4.40. The SMILES string of the molecule is CCc1nsc(N2CCN(C(=NC)NCCc3cc(F)cc4c3OCOC4)CC2)n1.I. The first kappa shape index (κ1) is 23.9. The topological polar surface area (TPSA) is 75.1 Å². The van der Waals surface area contributed by atoms with Crippen LogP contribution in [0.25, 0.3) is 0 Å². The smallest absolute Gasteiger partial charge is 0.205 e. The molecule has 2 aromatic rings. The Hall–Kier alpha value is -1.73. The number of nitrogens with zero attached hydrogens (tertiary/aromatic N) is 5. The summed E-state index contributed by atoms with van der Waals surface area (Å²) in [4.78, 5) is 13.5. The van der Waals surface area contributed by atoms with Gasteiger partial charge in [-0.25, -0.2) is 9.37 Å². The molecule has 0 unspecified atom stereocenters. The summed E-state index contributed by atoms with van der Waals surface area (Å²) >= 11 is 1.47. The predicted molar refractivity (Wildman–Crippen MR) is 130 cm³/mol. The van der Waals surface area contributed by atoms with E-state index in [9.17, 15) is 4.39 Å². The van der Waals surface area contributed by atoms with Crippen molar-refractivity contribution in [2.24, 2.45) is 4.99 Å². The van der Waals surface area contributed by atoms with Crippen molar-refractivity contribution in [2.75, 3.05) is 51.5 Å².